The lowest BCUT2D eigenvalue weighted by Crippen LogP contribution is -2.42. The van der Waals surface area contributed by atoms with E-state index in [1.807, 2.05) is 25.1 Å². The number of nitrogens with two attached hydrogens (primary N) is 1. The minimum absolute atomic E-state index is 0.0254. The molecule has 0 saturated heterocycles. The van der Waals surface area contributed by atoms with E-state index < -0.39 is 0 Å². The van der Waals surface area contributed by atoms with Gasteiger partial charge in [-0.3, -0.25) is 10.6 Å². The fourth-order valence-corrected chi connectivity index (χ4v) is 3.13. The number of hydrogen-bond donors (Lipinski definition) is 3. The summed E-state index contributed by atoms with van der Waals surface area (Å²) in [7, 11) is 0. The molecule has 0 aromatic heterocycles. The van der Waals surface area contributed by atoms with Gasteiger partial charge in [-0.1, -0.05) is 13.8 Å². The van der Waals surface area contributed by atoms with Crippen LogP contribution in [-0.4, -0.2) is 11.9 Å². The Morgan fingerprint density at radius 1 is 1.30 bits per heavy atom. The number of amides is 1. The number of nitrogens with one attached hydrogen (secondary N) is 2. The summed E-state index contributed by atoms with van der Waals surface area (Å²) < 4.78 is 0. The quantitative estimate of drug-likeness (QED) is 0.587. The molecule has 1 aliphatic rings. The number of carbonyl (C=O) groups is 1. The van der Waals surface area contributed by atoms with Crippen molar-refractivity contribution in [3.63, 3.8) is 0 Å². The van der Waals surface area contributed by atoms with Crippen LogP contribution in [0.2, 0.25) is 0 Å². The molecule has 1 aliphatic carbocycles. The number of hydrazine groups is 1. The highest BCUT2D eigenvalue weighted by atomic mass is 16.1. The number of rotatable bonds is 3. The first-order valence-electron chi connectivity index (χ1n) is 7.39. The molecule has 4 N–H and O–H groups in total. The van der Waals surface area contributed by atoms with E-state index in [-0.39, 0.29) is 5.91 Å². The number of carbonyl (C=O) groups excluding carboxylic acids is 1. The average Bonchev–Trinajstić information content (AvgIpc) is 2.41. The maximum atomic E-state index is 12.4. The lowest BCUT2D eigenvalue weighted by atomic mass is 9.80. The fraction of sp³-hybridized carbons (Fsp3) is 0.562. The van der Waals surface area contributed by atoms with Gasteiger partial charge in [-0.2, -0.15) is 0 Å². The summed E-state index contributed by atoms with van der Waals surface area (Å²) in [5.74, 6) is 6.72. The fourth-order valence-electron chi connectivity index (χ4n) is 3.13. The summed E-state index contributed by atoms with van der Waals surface area (Å²) in [5, 5.41) is 3.19. The Morgan fingerprint density at radius 2 is 2.05 bits per heavy atom. The molecule has 4 heteroatoms. The van der Waals surface area contributed by atoms with Crippen LogP contribution in [-0.2, 0) is 0 Å². The smallest absolute Gasteiger partial charge is 0.251 e. The van der Waals surface area contributed by atoms with Crippen LogP contribution in [0.1, 0.15) is 49.0 Å². The summed E-state index contributed by atoms with van der Waals surface area (Å²) in [6.07, 6.45) is 3.47. The Kier molecular flexibility index (Phi) is 4.65. The monoisotopic (exact) mass is 275 g/mol. The minimum Gasteiger partial charge on any atom is -0.349 e. The summed E-state index contributed by atoms with van der Waals surface area (Å²) in [4.78, 5) is 12.4. The lowest BCUT2D eigenvalue weighted by molar-refractivity contribution is 0.0899. The summed E-state index contributed by atoms with van der Waals surface area (Å²) in [5.41, 5.74) is 5.08. The normalized spacial score (nSPS) is 26.1. The van der Waals surface area contributed by atoms with Crippen molar-refractivity contribution in [2.45, 2.75) is 46.1 Å². The van der Waals surface area contributed by atoms with Gasteiger partial charge in [0.2, 0.25) is 0 Å². The van der Waals surface area contributed by atoms with Crippen LogP contribution in [0.15, 0.2) is 18.2 Å². The van der Waals surface area contributed by atoms with Gasteiger partial charge in [0, 0.05) is 17.3 Å². The molecular weight excluding hydrogens is 250 g/mol. The molecule has 0 radical (unpaired) electrons. The highest BCUT2D eigenvalue weighted by Crippen LogP contribution is 2.29. The molecule has 1 amide bonds. The van der Waals surface area contributed by atoms with E-state index in [4.69, 9.17) is 5.84 Å². The third-order valence-electron chi connectivity index (χ3n) is 4.39. The van der Waals surface area contributed by atoms with Gasteiger partial charge in [-0.25, -0.2) is 0 Å². The first-order chi connectivity index (χ1) is 9.51. The third-order valence-corrected chi connectivity index (χ3v) is 4.39. The summed E-state index contributed by atoms with van der Waals surface area (Å²) in [6, 6.07) is 5.84. The van der Waals surface area contributed by atoms with Crippen LogP contribution in [0.4, 0.5) is 5.69 Å². The van der Waals surface area contributed by atoms with E-state index in [1.165, 1.54) is 12.8 Å². The molecule has 4 nitrogen and oxygen atoms in total. The van der Waals surface area contributed by atoms with Gasteiger partial charge < -0.3 is 10.7 Å². The van der Waals surface area contributed by atoms with E-state index in [1.54, 1.807) is 0 Å². The molecule has 1 saturated carbocycles. The molecule has 1 aromatic rings. The van der Waals surface area contributed by atoms with Crippen molar-refractivity contribution >= 4 is 11.6 Å². The second kappa shape index (κ2) is 6.27. The second-order valence-electron chi connectivity index (χ2n) is 6.15. The standard InChI is InChI=1S/C16H25N3O/c1-10-4-7-15(12(3)8-10)18-16(20)14-6-5-13(19-17)9-11(14)2/h5-6,9-10,12,15,19H,4,7-8,17H2,1-3H3,(H,18,20). The maximum Gasteiger partial charge on any atom is 0.251 e. The van der Waals surface area contributed by atoms with E-state index in [2.05, 4.69) is 24.6 Å². The SMILES string of the molecule is Cc1cc(NN)ccc1C(=O)NC1CCC(C)CC1C. The van der Waals surface area contributed by atoms with E-state index in [9.17, 15) is 4.79 Å². The largest absolute Gasteiger partial charge is 0.349 e. The van der Waals surface area contributed by atoms with Crippen LogP contribution in [0.3, 0.4) is 0 Å². The lowest BCUT2D eigenvalue weighted by Gasteiger charge is -2.33. The van der Waals surface area contributed by atoms with E-state index in [0.29, 0.717) is 12.0 Å². The molecule has 3 atom stereocenters. The van der Waals surface area contributed by atoms with Gasteiger partial charge in [0.15, 0.2) is 0 Å². The number of aryl methyl sites for hydroxylation is 1. The van der Waals surface area contributed by atoms with Crippen LogP contribution < -0.4 is 16.6 Å². The zero-order valence-corrected chi connectivity index (χ0v) is 12.6. The van der Waals surface area contributed by atoms with Crippen molar-refractivity contribution in [3.8, 4) is 0 Å². The van der Waals surface area contributed by atoms with Crippen LogP contribution >= 0.6 is 0 Å². The van der Waals surface area contributed by atoms with Crippen molar-refractivity contribution in [2.24, 2.45) is 17.7 Å². The third kappa shape index (κ3) is 3.31. The van der Waals surface area contributed by atoms with Crippen LogP contribution in [0.5, 0.6) is 0 Å². The van der Waals surface area contributed by atoms with Gasteiger partial charge in [0.05, 0.1) is 0 Å². The van der Waals surface area contributed by atoms with Crippen molar-refractivity contribution in [3.05, 3.63) is 29.3 Å². The highest BCUT2D eigenvalue weighted by molar-refractivity contribution is 5.96. The van der Waals surface area contributed by atoms with Crippen LogP contribution in [0, 0.1) is 18.8 Å². The molecule has 0 bridgehead atoms. The van der Waals surface area contributed by atoms with Crippen LogP contribution in [0.25, 0.3) is 0 Å². The number of benzene rings is 1. The first-order valence-corrected chi connectivity index (χ1v) is 7.39. The zero-order valence-electron chi connectivity index (χ0n) is 12.6. The van der Waals surface area contributed by atoms with Crippen molar-refractivity contribution in [1.29, 1.82) is 0 Å². The van der Waals surface area contributed by atoms with Gasteiger partial charge in [0.1, 0.15) is 0 Å². The van der Waals surface area contributed by atoms with Crippen molar-refractivity contribution in [1.82, 2.24) is 5.32 Å². The second-order valence-corrected chi connectivity index (χ2v) is 6.15. The molecular formula is C16H25N3O. The van der Waals surface area contributed by atoms with Gasteiger partial charge >= 0.3 is 0 Å². The Balaban J connectivity index is 2.05. The zero-order chi connectivity index (χ0) is 14.7. The van der Waals surface area contributed by atoms with E-state index in [0.717, 1.165) is 29.2 Å². The molecule has 3 unspecified atom stereocenters. The molecule has 2 rings (SSSR count). The Morgan fingerprint density at radius 3 is 2.65 bits per heavy atom. The number of nitrogen functional groups attached to an aromatic ring is 1. The maximum absolute atomic E-state index is 12.4. The number of anilines is 1. The van der Waals surface area contributed by atoms with Gasteiger partial charge in [-0.05, 0) is 61.8 Å². The van der Waals surface area contributed by atoms with Crippen molar-refractivity contribution in [2.75, 3.05) is 5.43 Å². The Bertz CT molecular complexity index is 487. The number of hydrogen-bond acceptors (Lipinski definition) is 3. The molecule has 0 heterocycles. The Hall–Kier alpha value is -1.55. The molecule has 1 aromatic carbocycles. The average molecular weight is 275 g/mol. The molecule has 0 aliphatic heterocycles. The molecule has 20 heavy (non-hydrogen) atoms. The topological polar surface area (TPSA) is 67.1 Å². The predicted molar refractivity (Wildman–Crippen MR) is 82.4 cm³/mol. The Labute approximate surface area is 121 Å². The predicted octanol–water partition coefficient (Wildman–Crippen LogP) is 2.84. The molecule has 0 spiro atoms. The minimum atomic E-state index is 0.0254. The van der Waals surface area contributed by atoms with Gasteiger partial charge in [0.25, 0.3) is 5.91 Å². The summed E-state index contributed by atoms with van der Waals surface area (Å²) >= 11 is 0. The molecule has 110 valence electrons. The summed E-state index contributed by atoms with van der Waals surface area (Å²) in [6.45, 7) is 6.45. The first kappa shape index (κ1) is 14.9. The molecule has 1 fully saturated rings. The highest BCUT2D eigenvalue weighted by Gasteiger charge is 2.27. The van der Waals surface area contributed by atoms with Crippen molar-refractivity contribution < 1.29 is 4.79 Å². The van der Waals surface area contributed by atoms with Gasteiger partial charge in [-0.15, -0.1) is 0 Å². The van der Waals surface area contributed by atoms with E-state index >= 15 is 0 Å².